The lowest BCUT2D eigenvalue weighted by atomic mass is 9.77. The molecule has 1 fully saturated rings. The number of para-hydroxylation sites is 2. The molecule has 4 rings (SSSR count). The van der Waals surface area contributed by atoms with E-state index < -0.39 is 0 Å². The van der Waals surface area contributed by atoms with Gasteiger partial charge in [0.1, 0.15) is 12.4 Å². The Labute approximate surface area is 190 Å². The molecule has 3 atom stereocenters. The van der Waals surface area contributed by atoms with Crippen LogP contribution in [0.3, 0.4) is 0 Å². The predicted octanol–water partition coefficient (Wildman–Crippen LogP) is 5.82. The van der Waals surface area contributed by atoms with E-state index in [1.165, 1.54) is 23.9 Å². The molecule has 0 aliphatic carbocycles. The third-order valence-electron chi connectivity index (χ3n) is 6.05. The highest BCUT2D eigenvalue weighted by Gasteiger charge is 2.34. The number of halogens is 2. The fraction of sp³-hybridized carbons (Fsp3) is 0.458. The number of rotatable bonds is 7. The standard InChI is InChI=1S/C24H30ClN3O.ClH/c1-3-7-18-14-26-15-22(24(18)17-10-12-19(25)13-11-17)29-16-23-27-20-8-5-6-9-21(20)28(23)4-2;/h5-6,8-13,18,22,24,26H,3-4,7,14-16H2,1-2H3;1H. The van der Waals surface area contributed by atoms with Crippen LogP contribution in [0.2, 0.25) is 5.02 Å². The summed E-state index contributed by atoms with van der Waals surface area (Å²) in [7, 11) is 0. The van der Waals surface area contributed by atoms with Crippen LogP contribution in [0.4, 0.5) is 0 Å². The molecule has 4 nitrogen and oxygen atoms in total. The smallest absolute Gasteiger partial charge is 0.135 e. The average molecular weight is 448 g/mol. The van der Waals surface area contributed by atoms with Crippen LogP contribution in [0.15, 0.2) is 48.5 Å². The highest BCUT2D eigenvalue weighted by atomic mass is 35.5. The topological polar surface area (TPSA) is 39.1 Å². The van der Waals surface area contributed by atoms with E-state index in [2.05, 4.69) is 54.1 Å². The molecule has 1 aliphatic rings. The number of benzene rings is 2. The molecule has 0 amide bonds. The molecule has 1 aromatic heterocycles. The van der Waals surface area contributed by atoms with Crippen molar-refractivity contribution >= 4 is 35.0 Å². The maximum atomic E-state index is 6.54. The number of nitrogens with zero attached hydrogens (tertiary/aromatic N) is 2. The SMILES string of the molecule is CCCC1CNCC(OCc2nc3ccccc3n2CC)C1c1ccc(Cl)cc1.Cl. The van der Waals surface area contributed by atoms with Crippen molar-refractivity contribution in [2.24, 2.45) is 5.92 Å². The Balaban J connectivity index is 0.00000256. The lowest BCUT2D eigenvalue weighted by molar-refractivity contribution is -0.0110. The first-order valence-electron chi connectivity index (χ1n) is 10.7. The summed E-state index contributed by atoms with van der Waals surface area (Å²) in [6, 6.07) is 16.6. The van der Waals surface area contributed by atoms with Gasteiger partial charge in [-0.1, -0.05) is 49.2 Å². The number of hydrogen-bond acceptors (Lipinski definition) is 3. The van der Waals surface area contributed by atoms with Gasteiger partial charge in [0, 0.05) is 24.0 Å². The van der Waals surface area contributed by atoms with Crippen LogP contribution in [0, 0.1) is 5.92 Å². The first-order chi connectivity index (χ1) is 14.2. The van der Waals surface area contributed by atoms with Gasteiger partial charge in [0.25, 0.3) is 0 Å². The van der Waals surface area contributed by atoms with E-state index in [4.69, 9.17) is 21.3 Å². The van der Waals surface area contributed by atoms with Gasteiger partial charge in [-0.2, -0.15) is 0 Å². The number of aromatic nitrogens is 2. The Kier molecular flexibility index (Phi) is 8.18. The number of imidazole rings is 1. The van der Waals surface area contributed by atoms with Crippen LogP contribution in [-0.4, -0.2) is 28.7 Å². The largest absolute Gasteiger partial charge is 0.368 e. The summed E-state index contributed by atoms with van der Waals surface area (Å²) in [5, 5.41) is 4.38. The Hall–Kier alpha value is -1.59. The van der Waals surface area contributed by atoms with Gasteiger partial charge < -0.3 is 14.6 Å². The monoisotopic (exact) mass is 447 g/mol. The Morgan fingerprint density at radius 3 is 2.60 bits per heavy atom. The van der Waals surface area contributed by atoms with Gasteiger partial charge in [-0.05, 0) is 55.6 Å². The molecule has 162 valence electrons. The van der Waals surface area contributed by atoms with E-state index in [-0.39, 0.29) is 18.5 Å². The molecule has 1 saturated heterocycles. The summed E-state index contributed by atoms with van der Waals surface area (Å²) < 4.78 is 8.79. The number of fused-ring (bicyclic) bond motifs is 1. The van der Waals surface area contributed by atoms with Crippen LogP contribution < -0.4 is 5.32 Å². The van der Waals surface area contributed by atoms with E-state index >= 15 is 0 Å². The summed E-state index contributed by atoms with van der Waals surface area (Å²) in [4.78, 5) is 4.83. The van der Waals surface area contributed by atoms with Gasteiger partial charge in [-0.25, -0.2) is 4.98 Å². The number of ether oxygens (including phenoxy) is 1. The fourth-order valence-electron chi connectivity index (χ4n) is 4.73. The molecule has 30 heavy (non-hydrogen) atoms. The van der Waals surface area contributed by atoms with Crippen molar-refractivity contribution < 1.29 is 4.74 Å². The van der Waals surface area contributed by atoms with Crippen molar-refractivity contribution in [3.63, 3.8) is 0 Å². The van der Waals surface area contributed by atoms with Crippen molar-refractivity contribution in [2.75, 3.05) is 13.1 Å². The lowest BCUT2D eigenvalue weighted by Crippen LogP contribution is -2.46. The predicted molar refractivity (Wildman–Crippen MR) is 127 cm³/mol. The third kappa shape index (κ3) is 4.83. The minimum atomic E-state index is 0. The summed E-state index contributed by atoms with van der Waals surface area (Å²) in [5.41, 5.74) is 3.53. The maximum Gasteiger partial charge on any atom is 0.135 e. The van der Waals surface area contributed by atoms with Gasteiger partial charge >= 0.3 is 0 Å². The molecule has 0 bridgehead atoms. The Morgan fingerprint density at radius 1 is 1.10 bits per heavy atom. The second-order valence-electron chi connectivity index (χ2n) is 7.89. The second-order valence-corrected chi connectivity index (χ2v) is 8.33. The quantitative estimate of drug-likeness (QED) is 0.495. The molecular weight excluding hydrogens is 417 g/mol. The minimum absolute atomic E-state index is 0. The Bertz CT molecular complexity index is 939. The van der Waals surface area contributed by atoms with Gasteiger partial charge in [0.15, 0.2) is 0 Å². The molecule has 1 N–H and O–H groups in total. The number of hydrogen-bond donors (Lipinski definition) is 1. The normalized spacial score (nSPS) is 21.5. The van der Waals surface area contributed by atoms with Gasteiger partial charge in [0.2, 0.25) is 0 Å². The van der Waals surface area contributed by atoms with Crippen LogP contribution in [0.25, 0.3) is 11.0 Å². The molecule has 3 unspecified atom stereocenters. The van der Waals surface area contributed by atoms with Crippen LogP contribution in [-0.2, 0) is 17.9 Å². The summed E-state index contributed by atoms with van der Waals surface area (Å²) in [6.07, 6.45) is 2.48. The van der Waals surface area contributed by atoms with E-state index in [1.54, 1.807) is 0 Å². The van der Waals surface area contributed by atoms with Crippen molar-refractivity contribution in [1.29, 1.82) is 0 Å². The number of nitrogens with one attached hydrogen (secondary N) is 1. The van der Waals surface area contributed by atoms with Crippen molar-refractivity contribution in [3.05, 3.63) is 64.9 Å². The molecule has 6 heteroatoms. The van der Waals surface area contributed by atoms with Gasteiger partial charge in [0.05, 0.1) is 17.1 Å². The fourth-order valence-corrected chi connectivity index (χ4v) is 4.85. The highest BCUT2D eigenvalue weighted by Crippen LogP contribution is 2.36. The zero-order chi connectivity index (χ0) is 20.2. The van der Waals surface area contributed by atoms with Crippen LogP contribution in [0.1, 0.15) is 44.0 Å². The van der Waals surface area contributed by atoms with E-state index in [0.717, 1.165) is 36.0 Å². The molecule has 1 aliphatic heterocycles. The first kappa shape index (κ1) is 23.1. The Morgan fingerprint density at radius 2 is 1.87 bits per heavy atom. The van der Waals surface area contributed by atoms with Crippen molar-refractivity contribution in [2.45, 2.75) is 51.9 Å². The maximum absolute atomic E-state index is 6.54. The lowest BCUT2D eigenvalue weighted by Gasteiger charge is -2.39. The van der Waals surface area contributed by atoms with E-state index in [0.29, 0.717) is 18.4 Å². The number of piperidine rings is 1. The zero-order valence-corrected chi connectivity index (χ0v) is 19.3. The van der Waals surface area contributed by atoms with Crippen LogP contribution >= 0.6 is 24.0 Å². The van der Waals surface area contributed by atoms with Crippen molar-refractivity contribution in [1.82, 2.24) is 14.9 Å². The van der Waals surface area contributed by atoms with Gasteiger partial charge in [-0.15, -0.1) is 12.4 Å². The summed E-state index contributed by atoms with van der Waals surface area (Å²) in [6.45, 7) is 7.73. The molecule has 3 aromatic rings. The van der Waals surface area contributed by atoms with E-state index in [1.807, 2.05) is 18.2 Å². The second kappa shape index (κ2) is 10.6. The summed E-state index contributed by atoms with van der Waals surface area (Å²) >= 11 is 6.14. The molecule has 2 aromatic carbocycles. The van der Waals surface area contributed by atoms with Crippen molar-refractivity contribution in [3.8, 4) is 0 Å². The number of aryl methyl sites for hydroxylation is 1. The molecule has 0 spiro atoms. The average Bonchev–Trinajstić information content (AvgIpc) is 3.11. The molecular formula is C24H31Cl2N3O. The molecule has 0 saturated carbocycles. The third-order valence-corrected chi connectivity index (χ3v) is 6.30. The zero-order valence-electron chi connectivity index (χ0n) is 17.7. The van der Waals surface area contributed by atoms with Gasteiger partial charge in [-0.3, -0.25) is 0 Å². The summed E-state index contributed by atoms with van der Waals surface area (Å²) in [5.74, 6) is 1.93. The first-order valence-corrected chi connectivity index (χ1v) is 11.1. The molecule has 2 heterocycles. The molecule has 0 radical (unpaired) electrons. The van der Waals surface area contributed by atoms with E-state index in [9.17, 15) is 0 Å². The van der Waals surface area contributed by atoms with Crippen LogP contribution in [0.5, 0.6) is 0 Å². The minimum Gasteiger partial charge on any atom is -0.368 e. The highest BCUT2D eigenvalue weighted by molar-refractivity contribution is 6.30.